The Bertz CT molecular complexity index is 922. The highest BCUT2D eigenvalue weighted by atomic mass is 16.3. The van der Waals surface area contributed by atoms with E-state index in [1.165, 1.54) is 0 Å². The summed E-state index contributed by atoms with van der Waals surface area (Å²) in [5.74, 6) is 0. The molecule has 3 amide bonds. The zero-order valence-electron chi connectivity index (χ0n) is 15.5. The van der Waals surface area contributed by atoms with Crippen LogP contribution in [0.3, 0.4) is 0 Å². The molecule has 146 valence electrons. The van der Waals surface area contributed by atoms with Crippen molar-refractivity contribution >= 4 is 23.5 Å². The smallest absolute Gasteiger partial charge is 0.349 e. The Kier molecular flexibility index (Phi) is 6.78. The molecule has 0 aliphatic rings. The number of aryl methyl sites for hydroxylation is 3. The van der Waals surface area contributed by atoms with Crippen LogP contribution < -0.4 is 10.8 Å². The van der Waals surface area contributed by atoms with E-state index in [0.717, 1.165) is 11.1 Å². The maximum absolute atomic E-state index is 11.8. The standard InChI is InChI=1S/C18H24N4O5/c1-10-4-15-16(5-11(10)2)22(7-13(25)6-14(26)8-23)17(12(3)20-15)21-18(27)19-9-24/h4-5,9,13-14,23,25-26H,6-8H2,1-3H3,(H,19,24,27)/b21-17+. The lowest BCUT2D eigenvalue weighted by atomic mass is 10.1. The van der Waals surface area contributed by atoms with Crippen LogP contribution in [0.2, 0.25) is 0 Å². The fourth-order valence-electron chi connectivity index (χ4n) is 2.81. The van der Waals surface area contributed by atoms with Crippen LogP contribution in [0, 0.1) is 20.8 Å². The molecule has 0 saturated carbocycles. The van der Waals surface area contributed by atoms with Gasteiger partial charge in [0.2, 0.25) is 6.41 Å². The van der Waals surface area contributed by atoms with Crippen molar-refractivity contribution in [3.8, 4) is 0 Å². The van der Waals surface area contributed by atoms with E-state index >= 15 is 0 Å². The molecule has 0 aliphatic carbocycles. The minimum absolute atomic E-state index is 0.0205. The highest BCUT2D eigenvalue weighted by Crippen LogP contribution is 2.18. The number of benzene rings is 1. The first kappa shape index (κ1) is 20.7. The van der Waals surface area contributed by atoms with E-state index in [1.807, 2.05) is 31.3 Å². The van der Waals surface area contributed by atoms with Crippen molar-refractivity contribution in [2.45, 2.75) is 45.9 Å². The number of aliphatic hydroxyl groups excluding tert-OH is 3. The molecule has 0 aliphatic heterocycles. The van der Waals surface area contributed by atoms with Crippen LogP contribution in [-0.4, -0.2) is 56.1 Å². The van der Waals surface area contributed by atoms with Crippen LogP contribution >= 0.6 is 0 Å². The molecule has 4 N–H and O–H groups in total. The molecule has 2 aromatic rings. The van der Waals surface area contributed by atoms with E-state index in [4.69, 9.17) is 5.11 Å². The average molecular weight is 376 g/mol. The molecular formula is C18H24N4O5. The van der Waals surface area contributed by atoms with Gasteiger partial charge in [0.1, 0.15) is 0 Å². The summed E-state index contributed by atoms with van der Waals surface area (Å²) in [7, 11) is 0. The molecule has 0 saturated heterocycles. The summed E-state index contributed by atoms with van der Waals surface area (Å²) < 4.78 is 1.63. The number of urea groups is 1. The summed E-state index contributed by atoms with van der Waals surface area (Å²) in [5, 5.41) is 30.8. The summed E-state index contributed by atoms with van der Waals surface area (Å²) in [6.07, 6.45) is -1.86. The zero-order chi connectivity index (χ0) is 20.1. The van der Waals surface area contributed by atoms with E-state index in [2.05, 4.69) is 9.98 Å². The third kappa shape index (κ3) is 4.97. The fourth-order valence-corrected chi connectivity index (χ4v) is 2.81. The Morgan fingerprint density at radius 2 is 1.93 bits per heavy atom. The van der Waals surface area contributed by atoms with Crippen molar-refractivity contribution in [1.29, 1.82) is 0 Å². The third-order valence-electron chi connectivity index (χ3n) is 4.29. The Hall–Kier alpha value is -2.62. The summed E-state index contributed by atoms with van der Waals surface area (Å²) in [4.78, 5) is 30.7. The van der Waals surface area contributed by atoms with Gasteiger partial charge in [-0.3, -0.25) is 10.1 Å². The topological polar surface area (TPSA) is 137 Å². The first-order chi connectivity index (χ1) is 12.8. The summed E-state index contributed by atoms with van der Waals surface area (Å²) in [6.45, 7) is 5.12. The second kappa shape index (κ2) is 8.85. The van der Waals surface area contributed by atoms with Crippen molar-refractivity contribution < 1.29 is 24.9 Å². The molecule has 2 rings (SSSR count). The van der Waals surface area contributed by atoms with Crippen LogP contribution in [0.25, 0.3) is 11.0 Å². The number of amides is 3. The van der Waals surface area contributed by atoms with E-state index < -0.39 is 24.8 Å². The first-order valence-corrected chi connectivity index (χ1v) is 8.51. The molecule has 27 heavy (non-hydrogen) atoms. The van der Waals surface area contributed by atoms with Gasteiger partial charge < -0.3 is 19.9 Å². The van der Waals surface area contributed by atoms with Crippen LogP contribution in [-0.2, 0) is 11.3 Å². The van der Waals surface area contributed by atoms with Crippen LogP contribution in [0.15, 0.2) is 17.1 Å². The fraction of sp³-hybridized carbons (Fsp3) is 0.444. The molecule has 1 heterocycles. The second-order valence-electron chi connectivity index (χ2n) is 6.46. The van der Waals surface area contributed by atoms with Gasteiger partial charge in [-0.15, -0.1) is 0 Å². The number of nitrogens with zero attached hydrogens (tertiary/aromatic N) is 3. The Morgan fingerprint density at radius 1 is 1.26 bits per heavy atom. The Balaban J connectivity index is 2.68. The minimum Gasteiger partial charge on any atom is -0.394 e. The summed E-state index contributed by atoms with van der Waals surface area (Å²) >= 11 is 0. The van der Waals surface area contributed by atoms with Gasteiger partial charge in [-0.05, 0) is 44.0 Å². The lowest BCUT2D eigenvalue weighted by Crippen LogP contribution is -2.34. The normalized spacial score (nSPS) is 14.2. The van der Waals surface area contributed by atoms with Crippen molar-refractivity contribution in [2.75, 3.05) is 6.61 Å². The number of hydrogen-bond acceptors (Lipinski definition) is 6. The lowest BCUT2D eigenvalue weighted by Gasteiger charge is -2.19. The van der Waals surface area contributed by atoms with E-state index in [9.17, 15) is 19.8 Å². The van der Waals surface area contributed by atoms with Crippen LogP contribution in [0.4, 0.5) is 4.79 Å². The van der Waals surface area contributed by atoms with Crippen molar-refractivity contribution in [3.05, 3.63) is 34.4 Å². The molecule has 0 radical (unpaired) electrons. The molecule has 2 atom stereocenters. The number of carbonyl (C=O) groups excluding carboxylic acids is 2. The molecular weight excluding hydrogens is 352 g/mol. The average Bonchev–Trinajstić information content (AvgIpc) is 2.60. The zero-order valence-corrected chi connectivity index (χ0v) is 15.5. The predicted molar refractivity (Wildman–Crippen MR) is 97.8 cm³/mol. The highest BCUT2D eigenvalue weighted by Gasteiger charge is 2.16. The maximum atomic E-state index is 11.8. The number of carbonyl (C=O) groups is 2. The van der Waals surface area contributed by atoms with E-state index in [0.29, 0.717) is 16.7 Å². The molecule has 1 aromatic heterocycles. The number of hydrogen-bond donors (Lipinski definition) is 4. The van der Waals surface area contributed by atoms with Gasteiger partial charge in [-0.25, -0.2) is 9.78 Å². The third-order valence-corrected chi connectivity index (χ3v) is 4.29. The van der Waals surface area contributed by atoms with Crippen molar-refractivity contribution in [2.24, 2.45) is 4.99 Å². The minimum atomic E-state index is -1.06. The van der Waals surface area contributed by atoms with Gasteiger partial charge >= 0.3 is 6.03 Å². The lowest BCUT2D eigenvalue weighted by molar-refractivity contribution is -0.108. The SMILES string of the molecule is Cc1cc2nc(C)/c(=N\C(=O)NC=O)n(CC(O)CC(O)CO)c2cc1C. The van der Waals surface area contributed by atoms with Crippen LogP contribution in [0.5, 0.6) is 0 Å². The van der Waals surface area contributed by atoms with E-state index in [-0.39, 0.29) is 24.9 Å². The predicted octanol–water partition coefficient (Wildman–Crippen LogP) is -0.168. The molecule has 1 aromatic carbocycles. The van der Waals surface area contributed by atoms with Gasteiger partial charge in [0.05, 0.1) is 42.1 Å². The molecule has 9 heteroatoms. The largest absolute Gasteiger partial charge is 0.394 e. The Labute approximate surface area is 156 Å². The van der Waals surface area contributed by atoms with Gasteiger partial charge in [-0.1, -0.05) is 0 Å². The Morgan fingerprint density at radius 3 is 2.56 bits per heavy atom. The van der Waals surface area contributed by atoms with Gasteiger partial charge in [0, 0.05) is 6.42 Å². The summed E-state index contributed by atoms with van der Waals surface area (Å²) in [5.41, 5.74) is 4.00. The van der Waals surface area contributed by atoms with Gasteiger partial charge in [0.15, 0.2) is 5.49 Å². The van der Waals surface area contributed by atoms with Crippen LogP contribution in [0.1, 0.15) is 23.2 Å². The number of rotatable bonds is 6. The number of aliphatic hydroxyl groups is 3. The maximum Gasteiger partial charge on any atom is 0.349 e. The quantitative estimate of drug-likeness (QED) is 0.517. The van der Waals surface area contributed by atoms with Gasteiger partial charge in [0.25, 0.3) is 0 Å². The van der Waals surface area contributed by atoms with Crippen molar-refractivity contribution in [3.63, 3.8) is 0 Å². The number of imide groups is 1. The highest BCUT2D eigenvalue weighted by molar-refractivity contribution is 5.85. The molecule has 0 spiro atoms. The molecule has 2 unspecified atom stereocenters. The van der Waals surface area contributed by atoms with E-state index in [1.54, 1.807) is 11.5 Å². The first-order valence-electron chi connectivity index (χ1n) is 8.51. The monoisotopic (exact) mass is 376 g/mol. The van der Waals surface area contributed by atoms with Crippen molar-refractivity contribution in [1.82, 2.24) is 14.9 Å². The molecule has 0 bridgehead atoms. The van der Waals surface area contributed by atoms with Gasteiger partial charge in [-0.2, -0.15) is 4.99 Å². The number of fused-ring (bicyclic) bond motifs is 1. The molecule has 9 nitrogen and oxygen atoms in total. The number of aromatic nitrogens is 2. The number of nitrogens with one attached hydrogen (secondary N) is 1. The summed E-state index contributed by atoms with van der Waals surface area (Å²) in [6, 6.07) is 2.93. The second-order valence-corrected chi connectivity index (χ2v) is 6.46. The molecule has 0 fully saturated rings.